The molecule has 0 fully saturated rings. The van der Waals surface area contributed by atoms with Crippen LogP contribution in [0.4, 0.5) is 43.9 Å². The molecule has 0 unspecified atom stereocenters. The summed E-state index contributed by atoms with van der Waals surface area (Å²) in [6.07, 6.45) is -5.42. The van der Waals surface area contributed by atoms with Crippen LogP contribution in [0.3, 0.4) is 0 Å². The molecular weight excluding hydrogens is 466 g/mol. The van der Waals surface area contributed by atoms with E-state index in [1.54, 1.807) is 12.2 Å². The molecule has 0 amide bonds. The number of ether oxygens (including phenoxy) is 1. The van der Waals surface area contributed by atoms with Gasteiger partial charge in [0.2, 0.25) is 11.9 Å². The predicted octanol–water partition coefficient (Wildman–Crippen LogP) is 5.47. The summed E-state index contributed by atoms with van der Waals surface area (Å²) in [5, 5.41) is 5.57. The molecule has 1 aliphatic rings. The van der Waals surface area contributed by atoms with Crippen LogP contribution in [-0.2, 0) is 12.4 Å². The van der Waals surface area contributed by atoms with Gasteiger partial charge in [0.1, 0.15) is 23.7 Å². The van der Waals surface area contributed by atoms with Gasteiger partial charge in [0.05, 0.1) is 5.56 Å². The Morgan fingerprint density at radius 1 is 0.824 bits per heavy atom. The van der Waals surface area contributed by atoms with Crippen molar-refractivity contribution in [1.29, 1.82) is 0 Å². The van der Waals surface area contributed by atoms with Crippen molar-refractivity contribution >= 4 is 17.6 Å². The number of halogens is 6. The van der Waals surface area contributed by atoms with E-state index in [0.717, 1.165) is 24.3 Å². The predicted molar refractivity (Wildman–Crippen MR) is 111 cm³/mol. The molecule has 4 rings (SSSR count). The Morgan fingerprint density at radius 2 is 1.62 bits per heavy atom. The number of alkyl halides is 6. The fourth-order valence-corrected chi connectivity index (χ4v) is 2.99. The first-order valence-corrected chi connectivity index (χ1v) is 9.89. The van der Waals surface area contributed by atoms with Crippen molar-refractivity contribution in [3.63, 3.8) is 0 Å². The van der Waals surface area contributed by atoms with Crippen LogP contribution in [0.15, 0.2) is 48.6 Å². The lowest BCUT2D eigenvalue weighted by Crippen LogP contribution is -2.12. The van der Waals surface area contributed by atoms with E-state index in [9.17, 15) is 26.3 Å². The molecule has 2 aromatic heterocycles. The van der Waals surface area contributed by atoms with Crippen LogP contribution in [0.5, 0.6) is 5.75 Å². The molecule has 34 heavy (non-hydrogen) atoms. The maximum absolute atomic E-state index is 13.4. The van der Waals surface area contributed by atoms with Crippen molar-refractivity contribution in [3.05, 3.63) is 59.8 Å². The number of aromatic nitrogens is 4. The number of pyridine rings is 1. The van der Waals surface area contributed by atoms with Crippen molar-refractivity contribution in [2.45, 2.75) is 18.8 Å². The lowest BCUT2D eigenvalue weighted by molar-refractivity contribution is -0.141. The molecule has 1 aromatic carbocycles. The van der Waals surface area contributed by atoms with Gasteiger partial charge in [0, 0.05) is 18.3 Å². The molecule has 0 radical (unpaired) electrons. The van der Waals surface area contributed by atoms with E-state index in [0.29, 0.717) is 13.0 Å². The van der Waals surface area contributed by atoms with Crippen LogP contribution >= 0.6 is 0 Å². The minimum atomic E-state index is -4.68. The second-order valence-corrected chi connectivity index (χ2v) is 7.08. The highest BCUT2D eigenvalue weighted by Gasteiger charge is 2.33. The van der Waals surface area contributed by atoms with Gasteiger partial charge >= 0.3 is 12.4 Å². The maximum atomic E-state index is 13.4. The molecule has 3 aromatic rings. The van der Waals surface area contributed by atoms with Crippen LogP contribution in [0.1, 0.15) is 17.7 Å². The zero-order valence-electron chi connectivity index (χ0n) is 17.2. The summed E-state index contributed by atoms with van der Waals surface area (Å²) in [5.74, 6) is -0.409. The van der Waals surface area contributed by atoms with Crippen LogP contribution < -0.4 is 15.4 Å². The maximum Gasteiger partial charge on any atom is 0.433 e. The highest BCUT2D eigenvalue weighted by molar-refractivity contribution is 5.61. The topological polar surface area (TPSA) is 84.8 Å². The quantitative estimate of drug-likeness (QED) is 0.352. The molecule has 1 aliphatic heterocycles. The zero-order valence-corrected chi connectivity index (χ0v) is 17.2. The van der Waals surface area contributed by atoms with Crippen molar-refractivity contribution < 1.29 is 31.1 Å². The zero-order chi connectivity index (χ0) is 24.3. The summed E-state index contributed by atoms with van der Waals surface area (Å²) in [6, 6.07) is 6.28. The van der Waals surface area contributed by atoms with Gasteiger partial charge in [0.25, 0.3) is 0 Å². The summed E-state index contributed by atoms with van der Waals surface area (Å²) in [4.78, 5) is 15.9. The number of anilines is 3. The lowest BCUT2D eigenvalue weighted by atomic mass is 10.2. The SMILES string of the molecule is FC(F)(F)c1cc2cc(c1)OC/C=C\CCNc1nc(nc(-c3cccc(C(F)(F)F)n3)n1)N2. The second kappa shape index (κ2) is 9.15. The van der Waals surface area contributed by atoms with Crippen LogP contribution in [-0.4, -0.2) is 33.1 Å². The van der Waals surface area contributed by atoms with E-state index in [4.69, 9.17) is 4.74 Å². The van der Waals surface area contributed by atoms with Gasteiger partial charge in [-0.2, -0.15) is 41.3 Å². The first kappa shape index (κ1) is 23.3. The highest BCUT2D eigenvalue weighted by atomic mass is 19.4. The molecule has 0 saturated heterocycles. The molecule has 4 bridgehead atoms. The summed E-state index contributed by atoms with van der Waals surface area (Å²) < 4.78 is 84.8. The molecule has 7 nitrogen and oxygen atoms in total. The summed E-state index contributed by atoms with van der Waals surface area (Å²) in [5.41, 5.74) is -2.32. The Bertz CT molecular complexity index is 1210. The Balaban J connectivity index is 1.79. The molecule has 178 valence electrons. The molecule has 0 saturated carbocycles. The van der Waals surface area contributed by atoms with Crippen molar-refractivity contribution in [1.82, 2.24) is 19.9 Å². The molecular formula is C21H16F6N6O. The minimum Gasteiger partial charge on any atom is -0.489 e. The van der Waals surface area contributed by atoms with E-state index in [1.165, 1.54) is 12.1 Å². The minimum absolute atomic E-state index is 0.0145. The van der Waals surface area contributed by atoms with Gasteiger partial charge in [-0.3, -0.25) is 0 Å². The highest BCUT2D eigenvalue weighted by Crippen LogP contribution is 2.35. The van der Waals surface area contributed by atoms with E-state index in [-0.39, 0.29) is 41.5 Å². The molecule has 0 atom stereocenters. The van der Waals surface area contributed by atoms with Gasteiger partial charge < -0.3 is 15.4 Å². The standard InChI is InChI=1S/C21H16F6N6O/c22-20(23,24)12-9-13-11-14(10-12)34-8-3-1-2-7-28-18-31-17(32-19(29-13)33-18)15-5-4-6-16(30-15)21(25,26)27/h1,3-6,9-11H,2,7-8H2,(H2,28,29,31,32,33)/b3-1-. The van der Waals surface area contributed by atoms with E-state index in [1.807, 2.05) is 0 Å². The first-order chi connectivity index (χ1) is 16.1. The lowest BCUT2D eigenvalue weighted by Gasteiger charge is -2.15. The van der Waals surface area contributed by atoms with Crippen LogP contribution in [0.25, 0.3) is 11.5 Å². The van der Waals surface area contributed by atoms with Gasteiger partial charge in [-0.15, -0.1) is 0 Å². The monoisotopic (exact) mass is 482 g/mol. The Hall–Kier alpha value is -3.90. The second-order valence-electron chi connectivity index (χ2n) is 7.08. The third-order valence-corrected chi connectivity index (χ3v) is 4.50. The average Bonchev–Trinajstić information content (AvgIpc) is 2.76. The number of benzene rings is 1. The molecule has 3 heterocycles. The Kier molecular flexibility index (Phi) is 6.26. The third kappa shape index (κ3) is 5.71. The molecule has 13 heteroatoms. The molecule has 2 N–H and O–H groups in total. The normalized spacial score (nSPS) is 15.4. The third-order valence-electron chi connectivity index (χ3n) is 4.50. The number of hydrogen-bond donors (Lipinski definition) is 2. The summed E-state index contributed by atoms with van der Waals surface area (Å²) in [7, 11) is 0. The number of nitrogens with zero attached hydrogens (tertiary/aromatic N) is 4. The van der Waals surface area contributed by atoms with Crippen LogP contribution in [0.2, 0.25) is 0 Å². The fourth-order valence-electron chi connectivity index (χ4n) is 2.99. The van der Waals surface area contributed by atoms with Gasteiger partial charge in [-0.05, 0) is 30.7 Å². The largest absolute Gasteiger partial charge is 0.489 e. The Morgan fingerprint density at radius 3 is 2.38 bits per heavy atom. The first-order valence-electron chi connectivity index (χ1n) is 9.89. The average molecular weight is 482 g/mol. The molecule has 0 aliphatic carbocycles. The Labute approximate surface area is 188 Å². The number of fused-ring (bicyclic) bond motifs is 4. The van der Waals surface area contributed by atoms with Gasteiger partial charge in [-0.25, -0.2) is 4.98 Å². The van der Waals surface area contributed by atoms with Crippen molar-refractivity contribution in [3.8, 4) is 17.3 Å². The van der Waals surface area contributed by atoms with Crippen LogP contribution in [0, 0.1) is 0 Å². The van der Waals surface area contributed by atoms with Crippen molar-refractivity contribution in [2.24, 2.45) is 0 Å². The fraction of sp³-hybridized carbons (Fsp3) is 0.238. The summed E-state index contributed by atoms with van der Waals surface area (Å²) >= 11 is 0. The number of hydrogen-bond acceptors (Lipinski definition) is 7. The van der Waals surface area contributed by atoms with Gasteiger partial charge in [0.15, 0.2) is 5.82 Å². The van der Waals surface area contributed by atoms with Crippen molar-refractivity contribution in [2.75, 3.05) is 23.8 Å². The molecule has 0 spiro atoms. The number of rotatable bonds is 1. The summed E-state index contributed by atoms with van der Waals surface area (Å²) in [6.45, 7) is 0.436. The van der Waals surface area contributed by atoms with Gasteiger partial charge in [-0.1, -0.05) is 18.2 Å². The smallest absolute Gasteiger partial charge is 0.433 e. The number of nitrogens with one attached hydrogen (secondary N) is 2. The van der Waals surface area contributed by atoms with E-state index >= 15 is 0 Å². The van der Waals surface area contributed by atoms with E-state index < -0.39 is 23.6 Å². The van der Waals surface area contributed by atoms with E-state index in [2.05, 4.69) is 30.6 Å².